The lowest BCUT2D eigenvalue weighted by Gasteiger charge is -2.29. The van der Waals surface area contributed by atoms with Crippen molar-refractivity contribution in [2.45, 2.75) is 19.4 Å². The van der Waals surface area contributed by atoms with Crippen LogP contribution in [-0.2, 0) is 22.6 Å². The lowest BCUT2D eigenvalue weighted by atomic mass is 10.00. The highest BCUT2D eigenvalue weighted by Crippen LogP contribution is 2.18. The zero-order valence-electron chi connectivity index (χ0n) is 14.1. The van der Waals surface area contributed by atoms with Gasteiger partial charge in [0.15, 0.2) is 0 Å². The van der Waals surface area contributed by atoms with Crippen molar-refractivity contribution in [2.75, 3.05) is 19.7 Å². The van der Waals surface area contributed by atoms with E-state index in [1.807, 2.05) is 48.5 Å². The Bertz CT molecular complexity index is 731. The highest BCUT2D eigenvalue weighted by Gasteiger charge is 2.20. The minimum absolute atomic E-state index is 0.0341. The van der Waals surface area contributed by atoms with Gasteiger partial charge in [-0.25, -0.2) is 0 Å². The van der Waals surface area contributed by atoms with Crippen LogP contribution >= 0.6 is 0 Å². The summed E-state index contributed by atoms with van der Waals surface area (Å²) in [6.07, 6.45) is 1.09. The third-order valence-electron chi connectivity index (χ3n) is 4.26. The van der Waals surface area contributed by atoms with Gasteiger partial charge in [-0.2, -0.15) is 0 Å². The molecule has 3 rings (SSSR count). The molecule has 1 N–H and O–H groups in total. The van der Waals surface area contributed by atoms with Crippen LogP contribution in [0.3, 0.4) is 0 Å². The zero-order valence-corrected chi connectivity index (χ0v) is 14.1. The summed E-state index contributed by atoms with van der Waals surface area (Å²) in [4.78, 5) is 25.9. The van der Waals surface area contributed by atoms with E-state index >= 15 is 0 Å². The molecule has 0 fully saturated rings. The van der Waals surface area contributed by atoms with E-state index in [2.05, 4.69) is 11.4 Å². The number of amides is 2. The largest absolute Gasteiger partial charge is 0.493 e. The second-order valence-electron chi connectivity index (χ2n) is 6.02. The minimum atomic E-state index is -0.179. The summed E-state index contributed by atoms with van der Waals surface area (Å²) in [6.45, 7) is 1.64. The van der Waals surface area contributed by atoms with Crippen molar-refractivity contribution in [3.05, 3.63) is 65.7 Å². The fourth-order valence-electron chi connectivity index (χ4n) is 2.86. The van der Waals surface area contributed by atoms with Crippen molar-refractivity contribution in [1.82, 2.24) is 10.2 Å². The molecule has 1 heterocycles. The molecule has 0 aliphatic carbocycles. The predicted molar refractivity (Wildman–Crippen MR) is 95.1 cm³/mol. The molecular weight excluding hydrogens is 316 g/mol. The molecule has 2 amide bonds. The van der Waals surface area contributed by atoms with Gasteiger partial charge in [0, 0.05) is 13.1 Å². The molecule has 2 aromatic carbocycles. The van der Waals surface area contributed by atoms with Crippen molar-refractivity contribution in [3.8, 4) is 5.75 Å². The molecule has 0 atom stereocenters. The standard InChI is InChI=1S/C20H22N2O3/c23-19(11-13-25-18-8-2-1-3-9-18)21-14-20(24)22-12-10-16-6-4-5-7-17(16)15-22/h1-9H,10-15H2,(H,21,23). The van der Waals surface area contributed by atoms with Gasteiger partial charge in [-0.1, -0.05) is 42.5 Å². The van der Waals surface area contributed by atoms with E-state index in [0.29, 0.717) is 19.7 Å². The topological polar surface area (TPSA) is 58.6 Å². The van der Waals surface area contributed by atoms with Gasteiger partial charge < -0.3 is 15.0 Å². The molecule has 1 aliphatic heterocycles. The van der Waals surface area contributed by atoms with Gasteiger partial charge in [-0.15, -0.1) is 0 Å². The number of hydrogen-bond donors (Lipinski definition) is 1. The first kappa shape index (κ1) is 17.0. The molecule has 1 aliphatic rings. The average Bonchev–Trinajstić information content (AvgIpc) is 2.66. The maximum atomic E-state index is 12.3. The first-order chi connectivity index (χ1) is 12.2. The lowest BCUT2D eigenvalue weighted by molar-refractivity contribution is -0.133. The summed E-state index contributed by atoms with van der Waals surface area (Å²) in [6, 6.07) is 17.5. The van der Waals surface area contributed by atoms with Crippen LogP contribution in [0.2, 0.25) is 0 Å². The third-order valence-corrected chi connectivity index (χ3v) is 4.26. The maximum Gasteiger partial charge on any atom is 0.242 e. The van der Waals surface area contributed by atoms with Crippen LogP contribution in [0, 0.1) is 0 Å². The van der Waals surface area contributed by atoms with Gasteiger partial charge >= 0.3 is 0 Å². The van der Waals surface area contributed by atoms with E-state index < -0.39 is 0 Å². The number of ether oxygens (including phenoxy) is 1. The van der Waals surface area contributed by atoms with E-state index in [1.54, 1.807) is 4.90 Å². The SMILES string of the molecule is O=C(CCOc1ccccc1)NCC(=O)N1CCc2ccccc2C1. The predicted octanol–water partition coefficient (Wildman–Crippen LogP) is 2.16. The van der Waals surface area contributed by atoms with E-state index in [4.69, 9.17) is 4.74 Å². The molecule has 2 aromatic rings. The van der Waals surface area contributed by atoms with Gasteiger partial charge in [0.1, 0.15) is 5.75 Å². The molecule has 0 radical (unpaired) electrons. The second-order valence-corrected chi connectivity index (χ2v) is 6.02. The summed E-state index contributed by atoms with van der Waals surface area (Å²) >= 11 is 0. The summed E-state index contributed by atoms with van der Waals surface area (Å²) in [5.74, 6) is 0.506. The van der Waals surface area contributed by atoms with E-state index in [1.165, 1.54) is 11.1 Å². The molecule has 0 aromatic heterocycles. The van der Waals surface area contributed by atoms with Crippen molar-refractivity contribution < 1.29 is 14.3 Å². The lowest BCUT2D eigenvalue weighted by Crippen LogP contribution is -2.42. The van der Waals surface area contributed by atoms with Crippen molar-refractivity contribution in [2.24, 2.45) is 0 Å². The molecular formula is C20H22N2O3. The molecule has 0 spiro atoms. The number of para-hydroxylation sites is 1. The fraction of sp³-hybridized carbons (Fsp3) is 0.300. The summed E-state index contributed by atoms with van der Waals surface area (Å²) in [5.41, 5.74) is 2.48. The third kappa shape index (κ3) is 4.83. The molecule has 0 bridgehead atoms. The number of rotatable bonds is 6. The van der Waals surface area contributed by atoms with Crippen LogP contribution in [0.1, 0.15) is 17.5 Å². The molecule has 25 heavy (non-hydrogen) atoms. The van der Waals surface area contributed by atoms with Gasteiger partial charge in [0.25, 0.3) is 0 Å². The molecule has 0 unspecified atom stereocenters. The van der Waals surface area contributed by atoms with Crippen LogP contribution in [0.4, 0.5) is 0 Å². The van der Waals surface area contributed by atoms with Crippen LogP contribution in [0.25, 0.3) is 0 Å². The van der Waals surface area contributed by atoms with Crippen LogP contribution in [0.5, 0.6) is 5.75 Å². The number of carbonyl (C=O) groups is 2. The van der Waals surface area contributed by atoms with E-state index in [9.17, 15) is 9.59 Å². The Balaban J connectivity index is 1.38. The summed E-state index contributed by atoms with van der Waals surface area (Å²) in [7, 11) is 0. The normalized spacial score (nSPS) is 13.0. The van der Waals surface area contributed by atoms with Crippen molar-refractivity contribution in [1.29, 1.82) is 0 Å². The second kappa shape index (κ2) is 8.33. The van der Waals surface area contributed by atoms with Crippen LogP contribution in [-0.4, -0.2) is 36.4 Å². The van der Waals surface area contributed by atoms with Gasteiger partial charge in [0.2, 0.25) is 11.8 Å². The highest BCUT2D eigenvalue weighted by atomic mass is 16.5. The van der Waals surface area contributed by atoms with Gasteiger partial charge in [-0.05, 0) is 29.7 Å². The van der Waals surface area contributed by atoms with Crippen LogP contribution < -0.4 is 10.1 Å². The van der Waals surface area contributed by atoms with Crippen molar-refractivity contribution >= 4 is 11.8 Å². The number of hydrogen-bond acceptors (Lipinski definition) is 3. The summed E-state index contributed by atoms with van der Waals surface area (Å²) in [5, 5.41) is 2.68. The number of carbonyl (C=O) groups excluding carboxylic acids is 2. The monoisotopic (exact) mass is 338 g/mol. The summed E-state index contributed by atoms with van der Waals surface area (Å²) < 4.78 is 5.48. The quantitative estimate of drug-likeness (QED) is 0.878. The highest BCUT2D eigenvalue weighted by molar-refractivity contribution is 5.84. The maximum absolute atomic E-state index is 12.3. The first-order valence-corrected chi connectivity index (χ1v) is 8.51. The Labute approximate surface area is 147 Å². The first-order valence-electron chi connectivity index (χ1n) is 8.51. The van der Waals surface area contributed by atoms with Gasteiger partial charge in [0.05, 0.1) is 19.6 Å². The van der Waals surface area contributed by atoms with Crippen molar-refractivity contribution in [3.63, 3.8) is 0 Å². The molecule has 0 saturated carbocycles. The van der Waals surface area contributed by atoms with E-state index in [-0.39, 0.29) is 24.8 Å². The number of nitrogens with one attached hydrogen (secondary N) is 1. The smallest absolute Gasteiger partial charge is 0.242 e. The number of benzene rings is 2. The molecule has 0 saturated heterocycles. The Kier molecular flexibility index (Phi) is 5.67. The Hall–Kier alpha value is -2.82. The molecule has 5 heteroatoms. The zero-order chi connectivity index (χ0) is 17.5. The molecule has 130 valence electrons. The van der Waals surface area contributed by atoms with Crippen LogP contribution in [0.15, 0.2) is 54.6 Å². The van der Waals surface area contributed by atoms with Gasteiger partial charge in [-0.3, -0.25) is 9.59 Å². The fourth-order valence-corrected chi connectivity index (χ4v) is 2.86. The van der Waals surface area contributed by atoms with E-state index in [0.717, 1.165) is 12.2 Å². The Morgan fingerprint density at radius 1 is 1.00 bits per heavy atom. The Morgan fingerprint density at radius 3 is 2.52 bits per heavy atom. The number of nitrogens with zero attached hydrogens (tertiary/aromatic N) is 1. The average molecular weight is 338 g/mol. The Morgan fingerprint density at radius 2 is 1.72 bits per heavy atom. The molecule has 5 nitrogen and oxygen atoms in total. The number of fused-ring (bicyclic) bond motifs is 1. The minimum Gasteiger partial charge on any atom is -0.493 e.